The second kappa shape index (κ2) is 5.74. The topological polar surface area (TPSA) is 63.0 Å². The van der Waals surface area contributed by atoms with E-state index in [-0.39, 0.29) is 12.2 Å². The molecule has 0 aliphatic heterocycles. The average Bonchev–Trinajstić information content (AvgIpc) is 2.46. The second-order valence-electron chi connectivity index (χ2n) is 3.69. The molecule has 0 atom stereocenters. The first-order valence-electron chi connectivity index (χ1n) is 5.48. The molecule has 1 aromatic heterocycles. The summed E-state index contributed by atoms with van der Waals surface area (Å²) in [6, 6.07) is 11.8. The van der Waals surface area contributed by atoms with Crippen LogP contribution in [0.3, 0.4) is 0 Å². The van der Waals surface area contributed by atoms with Crippen molar-refractivity contribution in [1.29, 1.82) is 5.26 Å². The molecule has 19 heavy (non-hydrogen) atoms. The van der Waals surface area contributed by atoms with Crippen LogP contribution in [-0.4, -0.2) is 11.0 Å². The Labute approximate surface area is 109 Å². The van der Waals surface area contributed by atoms with Crippen molar-refractivity contribution >= 4 is 5.97 Å². The molecule has 0 bridgehead atoms. The first-order chi connectivity index (χ1) is 9.22. The van der Waals surface area contributed by atoms with Gasteiger partial charge in [-0.1, -0.05) is 30.3 Å². The monoisotopic (exact) mass is 256 g/mol. The van der Waals surface area contributed by atoms with Crippen LogP contribution in [0, 0.1) is 17.1 Å². The third-order valence-electron chi connectivity index (χ3n) is 2.42. The standard InChI is InChI=1S/C14H9FN2O2/c15-12-11(8-16)6-7-17-13(12)14(18)19-9-10-4-2-1-3-5-10/h1-7H,9H2. The van der Waals surface area contributed by atoms with Crippen molar-refractivity contribution in [3.8, 4) is 6.07 Å². The SMILES string of the molecule is N#Cc1ccnc(C(=O)OCc2ccccc2)c1F. The Morgan fingerprint density at radius 1 is 1.32 bits per heavy atom. The quantitative estimate of drug-likeness (QED) is 0.791. The van der Waals surface area contributed by atoms with E-state index in [1.54, 1.807) is 30.3 Å². The number of benzene rings is 1. The van der Waals surface area contributed by atoms with Crippen molar-refractivity contribution in [2.24, 2.45) is 0 Å². The highest BCUT2D eigenvalue weighted by molar-refractivity contribution is 5.87. The van der Waals surface area contributed by atoms with Gasteiger partial charge in [0, 0.05) is 6.20 Å². The number of nitriles is 1. The van der Waals surface area contributed by atoms with Crippen LogP contribution in [0.4, 0.5) is 4.39 Å². The molecule has 2 rings (SSSR count). The fourth-order valence-electron chi connectivity index (χ4n) is 1.46. The third kappa shape index (κ3) is 2.93. The molecule has 0 fully saturated rings. The molecule has 0 aliphatic rings. The van der Waals surface area contributed by atoms with E-state index >= 15 is 0 Å². The summed E-state index contributed by atoms with van der Waals surface area (Å²) < 4.78 is 18.6. The van der Waals surface area contributed by atoms with Gasteiger partial charge in [-0.25, -0.2) is 14.2 Å². The summed E-state index contributed by atoms with van der Waals surface area (Å²) >= 11 is 0. The number of halogens is 1. The zero-order valence-corrected chi connectivity index (χ0v) is 9.84. The van der Waals surface area contributed by atoms with Gasteiger partial charge in [0.05, 0.1) is 5.56 Å². The number of rotatable bonds is 3. The number of nitrogens with zero attached hydrogens (tertiary/aromatic N) is 2. The van der Waals surface area contributed by atoms with Crippen LogP contribution in [0.25, 0.3) is 0 Å². The normalized spacial score (nSPS) is 9.68. The van der Waals surface area contributed by atoms with Crippen molar-refractivity contribution < 1.29 is 13.9 Å². The Morgan fingerprint density at radius 3 is 2.74 bits per heavy atom. The number of aromatic nitrogens is 1. The summed E-state index contributed by atoms with van der Waals surface area (Å²) in [5, 5.41) is 8.66. The van der Waals surface area contributed by atoms with Gasteiger partial charge in [-0.15, -0.1) is 0 Å². The highest BCUT2D eigenvalue weighted by Gasteiger charge is 2.18. The van der Waals surface area contributed by atoms with Crippen LogP contribution in [-0.2, 0) is 11.3 Å². The van der Waals surface area contributed by atoms with Crippen LogP contribution in [0.2, 0.25) is 0 Å². The molecular formula is C14H9FN2O2. The maximum absolute atomic E-state index is 13.7. The molecule has 0 N–H and O–H groups in total. The molecule has 0 aliphatic carbocycles. The molecule has 0 unspecified atom stereocenters. The number of carbonyl (C=O) groups is 1. The average molecular weight is 256 g/mol. The van der Waals surface area contributed by atoms with E-state index in [4.69, 9.17) is 10.00 Å². The van der Waals surface area contributed by atoms with Gasteiger partial charge in [-0.05, 0) is 11.6 Å². The minimum absolute atomic E-state index is 0.0254. The van der Waals surface area contributed by atoms with Gasteiger partial charge in [-0.3, -0.25) is 0 Å². The van der Waals surface area contributed by atoms with E-state index in [0.29, 0.717) is 0 Å². The summed E-state index contributed by atoms with van der Waals surface area (Å²) in [5.41, 5.74) is 0.0735. The van der Waals surface area contributed by atoms with Gasteiger partial charge in [0.1, 0.15) is 12.7 Å². The molecule has 1 aromatic carbocycles. The van der Waals surface area contributed by atoms with Crippen LogP contribution in [0.15, 0.2) is 42.6 Å². The Bertz CT molecular complexity index is 636. The lowest BCUT2D eigenvalue weighted by Crippen LogP contribution is -2.11. The molecule has 0 spiro atoms. The van der Waals surface area contributed by atoms with Gasteiger partial charge in [0.15, 0.2) is 11.5 Å². The lowest BCUT2D eigenvalue weighted by atomic mass is 10.2. The lowest BCUT2D eigenvalue weighted by molar-refractivity contribution is 0.0459. The minimum Gasteiger partial charge on any atom is -0.456 e. The van der Waals surface area contributed by atoms with Gasteiger partial charge in [0.25, 0.3) is 0 Å². The predicted molar refractivity (Wildman–Crippen MR) is 64.5 cm³/mol. The molecule has 4 nitrogen and oxygen atoms in total. The van der Waals surface area contributed by atoms with Gasteiger partial charge < -0.3 is 4.74 Å². The van der Waals surface area contributed by atoms with E-state index in [0.717, 1.165) is 5.56 Å². The van der Waals surface area contributed by atoms with Crippen LogP contribution in [0.1, 0.15) is 21.6 Å². The van der Waals surface area contributed by atoms with E-state index in [9.17, 15) is 9.18 Å². The van der Waals surface area contributed by atoms with Crippen LogP contribution >= 0.6 is 0 Å². The fraction of sp³-hybridized carbons (Fsp3) is 0.0714. The van der Waals surface area contributed by atoms with Crippen LogP contribution in [0.5, 0.6) is 0 Å². The molecule has 94 valence electrons. The summed E-state index contributed by atoms with van der Waals surface area (Å²) in [7, 11) is 0. The van der Waals surface area contributed by atoms with Gasteiger partial charge >= 0.3 is 5.97 Å². The number of ether oxygens (including phenoxy) is 1. The smallest absolute Gasteiger partial charge is 0.360 e. The highest BCUT2D eigenvalue weighted by Crippen LogP contribution is 2.11. The molecule has 2 aromatic rings. The van der Waals surface area contributed by atoms with Crippen molar-refractivity contribution in [3.63, 3.8) is 0 Å². The molecule has 5 heteroatoms. The van der Waals surface area contributed by atoms with Crippen LogP contribution < -0.4 is 0 Å². The molecular weight excluding hydrogens is 247 g/mol. The number of esters is 1. The second-order valence-corrected chi connectivity index (χ2v) is 3.69. The zero-order valence-electron chi connectivity index (χ0n) is 9.84. The molecule has 0 saturated heterocycles. The molecule has 0 radical (unpaired) electrons. The molecule has 0 amide bonds. The van der Waals surface area contributed by atoms with Crippen molar-refractivity contribution in [2.45, 2.75) is 6.61 Å². The van der Waals surface area contributed by atoms with Crippen molar-refractivity contribution in [1.82, 2.24) is 4.98 Å². The van der Waals surface area contributed by atoms with E-state index in [2.05, 4.69) is 4.98 Å². The zero-order chi connectivity index (χ0) is 13.7. The fourth-order valence-corrected chi connectivity index (χ4v) is 1.46. The molecule has 0 saturated carbocycles. The Kier molecular flexibility index (Phi) is 3.84. The maximum atomic E-state index is 13.7. The summed E-state index contributed by atoms with van der Waals surface area (Å²) in [5.74, 6) is -1.85. The first kappa shape index (κ1) is 12.7. The summed E-state index contributed by atoms with van der Waals surface area (Å²) in [6.45, 7) is 0.0254. The number of pyridine rings is 1. The van der Waals surface area contributed by atoms with Gasteiger partial charge in [-0.2, -0.15) is 5.26 Å². The largest absolute Gasteiger partial charge is 0.456 e. The number of hydrogen-bond donors (Lipinski definition) is 0. The summed E-state index contributed by atoms with van der Waals surface area (Å²) in [4.78, 5) is 15.3. The van der Waals surface area contributed by atoms with E-state index < -0.39 is 17.5 Å². The lowest BCUT2D eigenvalue weighted by Gasteiger charge is -2.05. The highest BCUT2D eigenvalue weighted by atomic mass is 19.1. The Hall–Kier alpha value is -2.74. The number of hydrogen-bond acceptors (Lipinski definition) is 4. The Morgan fingerprint density at radius 2 is 2.05 bits per heavy atom. The van der Waals surface area contributed by atoms with E-state index in [1.807, 2.05) is 6.07 Å². The van der Waals surface area contributed by atoms with Crippen molar-refractivity contribution in [3.05, 3.63) is 65.2 Å². The third-order valence-corrected chi connectivity index (χ3v) is 2.42. The summed E-state index contributed by atoms with van der Waals surface area (Å²) in [6.07, 6.45) is 1.20. The minimum atomic E-state index is -0.955. The molecule has 1 heterocycles. The maximum Gasteiger partial charge on any atom is 0.360 e. The Balaban J connectivity index is 2.11. The predicted octanol–water partition coefficient (Wildman–Crippen LogP) is 2.45. The number of carbonyl (C=O) groups excluding carboxylic acids is 1. The van der Waals surface area contributed by atoms with E-state index in [1.165, 1.54) is 12.3 Å². The van der Waals surface area contributed by atoms with Gasteiger partial charge in [0.2, 0.25) is 0 Å². The first-order valence-corrected chi connectivity index (χ1v) is 5.48. The van der Waals surface area contributed by atoms with Crippen molar-refractivity contribution in [2.75, 3.05) is 0 Å².